The first-order chi connectivity index (χ1) is 21.4. The third-order valence-electron chi connectivity index (χ3n) is 7.55. The summed E-state index contributed by atoms with van der Waals surface area (Å²) in [6.45, 7) is 13.5. The van der Waals surface area contributed by atoms with Crippen LogP contribution in [-0.4, -0.2) is 48.9 Å². The maximum absolute atomic E-state index is 13.3. The molecule has 0 amide bonds. The van der Waals surface area contributed by atoms with Gasteiger partial charge in [0.05, 0.1) is 11.8 Å². The number of ether oxygens (including phenoxy) is 1. The highest BCUT2D eigenvalue weighted by Gasteiger charge is 2.24. The molecular formula is C37H51FN4O2. The Morgan fingerprint density at radius 3 is 2.32 bits per heavy atom. The summed E-state index contributed by atoms with van der Waals surface area (Å²) in [5.74, 6) is 1.50. The van der Waals surface area contributed by atoms with Crippen molar-refractivity contribution in [1.82, 2.24) is 15.3 Å². The number of hydrogen-bond donors (Lipinski definition) is 3. The number of benzene rings is 2. The van der Waals surface area contributed by atoms with Gasteiger partial charge in [-0.25, -0.2) is 4.39 Å². The second-order valence-electron chi connectivity index (χ2n) is 10.7. The molecule has 6 nitrogen and oxygen atoms in total. The highest BCUT2D eigenvalue weighted by atomic mass is 19.1. The number of rotatable bonds is 10. The number of fused-ring (bicyclic) bond motifs is 1. The molecule has 7 heteroatoms. The van der Waals surface area contributed by atoms with Gasteiger partial charge in [-0.3, -0.25) is 9.97 Å². The first kappa shape index (κ1) is 36.5. The number of likely N-dealkylation sites (N-methyl/N-ethyl adjacent to an activating group) is 1. The van der Waals surface area contributed by atoms with Gasteiger partial charge in [0, 0.05) is 42.4 Å². The summed E-state index contributed by atoms with van der Waals surface area (Å²) >= 11 is 0. The maximum atomic E-state index is 13.3. The molecule has 4 N–H and O–H groups in total. The fourth-order valence-corrected chi connectivity index (χ4v) is 4.91. The van der Waals surface area contributed by atoms with E-state index in [1.807, 2.05) is 37.4 Å². The molecule has 2 heterocycles. The monoisotopic (exact) mass is 602 g/mol. The normalized spacial score (nSPS) is 13.2. The van der Waals surface area contributed by atoms with Gasteiger partial charge in [0.2, 0.25) is 0 Å². The van der Waals surface area contributed by atoms with Crippen molar-refractivity contribution in [3.05, 3.63) is 95.6 Å². The number of hydrogen-bond acceptors (Lipinski definition) is 6. The van der Waals surface area contributed by atoms with E-state index >= 15 is 0 Å². The number of pyridine rings is 2. The Morgan fingerprint density at radius 2 is 1.75 bits per heavy atom. The van der Waals surface area contributed by atoms with Crippen LogP contribution in [-0.2, 0) is 6.42 Å². The summed E-state index contributed by atoms with van der Waals surface area (Å²) in [7, 11) is 4.47. The number of aromatic nitrogens is 2. The van der Waals surface area contributed by atoms with Crippen molar-refractivity contribution in [3.63, 3.8) is 0 Å². The Morgan fingerprint density at radius 1 is 1.07 bits per heavy atom. The minimum absolute atomic E-state index is 0.210. The Balaban J connectivity index is 0.000000291. The van der Waals surface area contributed by atoms with Crippen molar-refractivity contribution in [2.75, 3.05) is 27.7 Å². The minimum Gasteiger partial charge on any atom is -0.488 e. The smallest absolute Gasteiger partial charge is 0.146 e. The van der Waals surface area contributed by atoms with Gasteiger partial charge in [-0.2, -0.15) is 0 Å². The van der Waals surface area contributed by atoms with Gasteiger partial charge in [0.1, 0.15) is 17.1 Å². The molecule has 2 atom stereocenters. The molecule has 2 unspecified atom stereocenters. The lowest BCUT2D eigenvalue weighted by Crippen LogP contribution is -2.17. The average molecular weight is 603 g/mol. The van der Waals surface area contributed by atoms with Crippen LogP contribution in [0.5, 0.6) is 5.75 Å². The zero-order valence-corrected chi connectivity index (χ0v) is 27.5. The molecule has 0 aliphatic heterocycles. The van der Waals surface area contributed by atoms with Gasteiger partial charge >= 0.3 is 0 Å². The molecule has 44 heavy (non-hydrogen) atoms. The molecule has 2 aromatic heterocycles. The Bertz CT molecular complexity index is 1440. The van der Waals surface area contributed by atoms with E-state index in [4.69, 9.17) is 14.8 Å². The number of nitrogens with two attached hydrogens (primary N) is 1. The minimum atomic E-state index is -0.210. The predicted molar refractivity (Wildman–Crippen MR) is 184 cm³/mol. The van der Waals surface area contributed by atoms with Gasteiger partial charge < -0.3 is 20.9 Å². The van der Waals surface area contributed by atoms with E-state index in [1.54, 1.807) is 6.20 Å². The molecule has 1 aliphatic carbocycles. The number of aliphatic hydroxyl groups excluding tert-OH is 1. The Labute approximate surface area is 263 Å². The molecule has 0 spiro atoms. The van der Waals surface area contributed by atoms with Crippen LogP contribution in [0.3, 0.4) is 0 Å². The van der Waals surface area contributed by atoms with Crippen molar-refractivity contribution in [2.24, 2.45) is 5.73 Å². The summed E-state index contributed by atoms with van der Waals surface area (Å²) in [4.78, 5) is 9.35. The molecule has 1 saturated carbocycles. The summed E-state index contributed by atoms with van der Waals surface area (Å²) in [6.07, 6.45) is 8.38. The summed E-state index contributed by atoms with van der Waals surface area (Å²) in [5, 5.41) is 11.3. The zero-order chi connectivity index (χ0) is 32.6. The molecule has 0 saturated heterocycles. The van der Waals surface area contributed by atoms with Crippen LogP contribution in [0.4, 0.5) is 4.39 Å². The van der Waals surface area contributed by atoms with Crippen molar-refractivity contribution >= 4 is 17.0 Å². The van der Waals surface area contributed by atoms with E-state index in [0.717, 1.165) is 78.5 Å². The standard InChI is InChI=1S/C21H29FN2.C14H13NO.CH5N.CH4O/c1-6-14(3)19-12-20(15(4)13-23-5)24-21(18(19)7-2)16-8-10-17(22)11-9-16;1-2-10-8-11-4-3-7-15-14(11)13(9-10)16-12-5-6-12;2*1-2/h8-12,14-15,23H,6-7,13H2,1-5H3;2-4,7-9,12H,1,5-6H2;2H2,1H3;2H,1H3. The molecule has 5 rings (SSSR count). The second kappa shape index (κ2) is 18.9. The summed E-state index contributed by atoms with van der Waals surface area (Å²) < 4.78 is 19.2. The third-order valence-corrected chi connectivity index (χ3v) is 7.55. The SMILES string of the molecule is C=Cc1cc(OC2CC2)c2ncccc2c1.CCc1c(C(C)CC)cc(C(C)CNC)nc1-c1ccc(F)cc1.CN.CO. The van der Waals surface area contributed by atoms with E-state index in [9.17, 15) is 4.39 Å². The molecule has 2 aromatic carbocycles. The lowest BCUT2D eigenvalue weighted by Gasteiger charge is -2.21. The lowest BCUT2D eigenvalue weighted by atomic mass is 9.88. The van der Waals surface area contributed by atoms with E-state index in [-0.39, 0.29) is 5.82 Å². The molecule has 4 aromatic rings. The molecule has 1 fully saturated rings. The second-order valence-corrected chi connectivity index (χ2v) is 10.7. The van der Waals surface area contributed by atoms with Crippen molar-refractivity contribution in [2.45, 2.75) is 71.3 Å². The average Bonchev–Trinajstić information content (AvgIpc) is 3.90. The topological polar surface area (TPSA) is 93.3 Å². The maximum Gasteiger partial charge on any atom is 0.146 e. The van der Waals surface area contributed by atoms with Crippen molar-refractivity contribution in [1.29, 1.82) is 0 Å². The molecule has 238 valence electrons. The van der Waals surface area contributed by atoms with Gasteiger partial charge in [-0.05, 0) is 111 Å². The van der Waals surface area contributed by atoms with Crippen molar-refractivity contribution < 1.29 is 14.2 Å². The van der Waals surface area contributed by atoms with Crippen molar-refractivity contribution in [3.8, 4) is 17.0 Å². The van der Waals surface area contributed by atoms with Gasteiger partial charge in [0.25, 0.3) is 0 Å². The van der Waals surface area contributed by atoms with Crippen LogP contribution in [0.15, 0.2) is 67.4 Å². The highest BCUT2D eigenvalue weighted by Crippen LogP contribution is 2.34. The first-order valence-electron chi connectivity index (χ1n) is 15.5. The molecule has 0 radical (unpaired) electrons. The zero-order valence-electron chi connectivity index (χ0n) is 27.5. The molecule has 0 bridgehead atoms. The van der Waals surface area contributed by atoms with Crippen LogP contribution in [0, 0.1) is 5.82 Å². The van der Waals surface area contributed by atoms with Crippen LogP contribution >= 0.6 is 0 Å². The Hall–Kier alpha value is -3.65. The Kier molecular flexibility index (Phi) is 15.7. The number of halogens is 1. The first-order valence-corrected chi connectivity index (χ1v) is 15.5. The number of nitrogens with zero attached hydrogens (tertiary/aromatic N) is 2. The molecule has 1 aliphatic rings. The predicted octanol–water partition coefficient (Wildman–Crippen LogP) is 7.89. The largest absolute Gasteiger partial charge is 0.488 e. The van der Waals surface area contributed by atoms with Crippen LogP contribution < -0.4 is 15.8 Å². The summed E-state index contributed by atoms with van der Waals surface area (Å²) in [6, 6.07) is 17.1. The van der Waals surface area contributed by atoms with Gasteiger partial charge in [-0.1, -0.05) is 46.4 Å². The van der Waals surface area contributed by atoms with Crippen LogP contribution in [0.1, 0.15) is 81.2 Å². The third kappa shape index (κ3) is 9.94. The van der Waals surface area contributed by atoms with E-state index in [2.05, 4.69) is 68.5 Å². The van der Waals surface area contributed by atoms with Crippen LogP contribution in [0.2, 0.25) is 0 Å². The lowest BCUT2D eigenvalue weighted by molar-refractivity contribution is 0.306. The fourth-order valence-electron chi connectivity index (χ4n) is 4.91. The van der Waals surface area contributed by atoms with Gasteiger partial charge in [0.15, 0.2) is 0 Å². The van der Waals surface area contributed by atoms with E-state index in [1.165, 1.54) is 30.3 Å². The van der Waals surface area contributed by atoms with E-state index < -0.39 is 0 Å². The molecular weight excluding hydrogens is 551 g/mol. The number of aliphatic hydroxyl groups is 1. The van der Waals surface area contributed by atoms with E-state index in [0.29, 0.717) is 17.9 Å². The summed E-state index contributed by atoms with van der Waals surface area (Å²) in [5.41, 5.74) is 12.3. The van der Waals surface area contributed by atoms with Crippen LogP contribution in [0.25, 0.3) is 28.2 Å². The quantitative estimate of drug-likeness (QED) is 0.171. The number of nitrogens with one attached hydrogen (secondary N) is 1. The fraction of sp³-hybridized carbons (Fsp3) is 0.405. The highest BCUT2D eigenvalue weighted by molar-refractivity contribution is 5.86. The van der Waals surface area contributed by atoms with Gasteiger partial charge in [-0.15, -0.1) is 0 Å².